The second-order valence-corrected chi connectivity index (χ2v) is 4.64. The highest BCUT2D eigenvalue weighted by Crippen LogP contribution is 2.27. The second-order valence-electron chi connectivity index (χ2n) is 4.64. The molecule has 0 saturated heterocycles. The number of alkyl halides is 3. The summed E-state index contributed by atoms with van der Waals surface area (Å²) in [5, 5.41) is 0. The molecular formula is C13H28F3N3. The Bertz CT molecular complexity index is 218. The lowest BCUT2D eigenvalue weighted by molar-refractivity contribution is -0.184. The smallest absolute Gasteiger partial charge is 0.330 e. The van der Waals surface area contributed by atoms with Crippen LogP contribution < -0.4 is 5.73 Å². The van der Waals surface area contributed by atoms with E-state index in [9.17, 15) is 13.2 Å². The van der Waals surface area contributed by atoms with E-state index >= 15 is 0 Å². The first-order chi connectivity index (χ1) is 8.90. The average Bonchev–Trinajstić information content (AvgIpc) is 2.36. The largest absolute Gasteiger partial charge is 0.404 e. The summed E-state index contributed by atoms with van der Waals surface area (Å²) in [7, 11) is 0. The van der Waals surface area contributed by atoms with E-state index in [2.05, 4.69) is 18.7 Å². The zero-order valence-electron chi connectivity index (χ0n) is 12.3. The van der Waals surface area contributed by atoms with Crippen molar-refractivity contribution in [2.45, 2.75) is 45.8 Å². The van der Waals surface area contributed by atoms with E-state index in [1.807, 2.05) is 0 Å². The molecular weight excluding hydrogens is 255 g/mol. The molecule has 0 aliphatic carbocycles. The summed E-state index contributed by atoms with van der Waals surface area (Å²) in [6.07, 6.45) is -3.46. The normalized spacial score (nSPS) is 14.4. The lowest BCUT2D eigenvalue weighted by atomic mass is 10.1. The first kappa shape index (κ1) is 18.7. The van der Waals surface area contributed by atoms with E-state index in [1.165, 1.54) is 4.90 Å². The molecule has 6 heteroatoms. The van der Waals surface area contributed by atoms with Gasteiger partial charge in [-0.1, -0.05) is 20.8 Å². The Hall–Kier alpha value is -0.330. The molecule has 0 heterocycles. The van der Waals surface area contributed by atoms with Gasteiger partial charge in [0, 0.05) is 0 Å². The number of hydrogen-bond acceptors (Lipinski definition) is 3. The predicted octanol–water partition coefficient (Wildman–Crippen LogP) is 2.32. The van der Waals surface area contributed by atoms with Crippen LogP contribution in [-0.4, -0.2) is 61.3 Å². The number of hydrogen-bond donors (Lipinski definition) is 1. The fourth-order valence-corrected chi connectivity index (χ4v) is 2.28. The molecule has 0 radical (unpaired) electrons. The van der Waals surface area contributed by atoms with Crippen LogP contribution in [0, 0.1) is 0 Å². The van der Waals surface area contributed by atoms with E-state index in [1.54, 1.807) is 6.92 Å². The monoisotopic (exact) mass is 283 g/mol. The van der Waals surface area contributed by atoms with Crippen molar-refractivity contribution >= 4 is 0 Å². The summed E-state index contributed by atoms with van der Waals surface area (Å²) in [6, 6.07) is -1.40. The van der Waals surface area contributed by atoms with Gasteiger partial charge >= 0.3 is 6.18 Å². The van der Waals surface area contributed by atoms with Gasteiger partial charge in [-0.3, -0.25) is 4.90 Å². The first-order valence-electron chi connectivity index (χ1n) is 7.13. The second kappa shape index (κ2) is 9.55. The molecule has 0 aromatic heterocycles. The summed E-state index contributed by atoms with van der Waals surface area (Å²) in [5.74, 6) is 0. The zero-order valence-corrected chi connectivity index (χ0v) is 12.3. The van der Waals surface area contributed by atoms with Gasteiger partial charge in [-0.15, -0.1) is 0 Å². The molecule has 0 aromatic carbocycles. The summed E-state index contributed by atoms with van der Waals surface area (Å²) >= 11 is 0. The lowest BCUT2D eigenvalue weighted by Crippen LogP contribution is -2.47. The van der Waals surface area contributed by atoms with Crippen LogP contribution >= 0.6 is 0 Å². The van der Waals surface area contributed by atoms with Crippen LogP contribution in [0.4, 0.5) is 13.2 Å². The fourth-order valence-electron chi connectivity index (χ4n) is 2.28. The third kappa shape index (κ3) is 7.13. The maximum atomic E-state index is 13.0. The van der Waals surface area contributed by atoms with E-state index in [0.29, 0.717) is 13.1 Å². The Kier molecular flexibility index (Phi) is 9.39. The van der Waals surface area contributed by atoms with Crippen LogP contribution in [0.15, 0.2) is 0 Å². The summed E-state index contributed by atoms with van der Waals surface area (Å²) in [6.45, 7) is 9.56. The summed E-state index contributed by atoms with van der Waals surface area (Å²) < 4.78 is 38.9. The Morgan fingerprint density at radius 1 is 1.00 bits per heavy atom. The van der Waals surface area contributed by atoms with Crippen LogP contribution in [0.25, 0.3) is 0 Å². The molecule has 2 N–H and O–H groups in total. The van der Waals surface area contributed by atoms with Crippen molar-refractivity contribution in [3.8, 4) is 0 Å². The fraction of sp³-hybridized carbons (Fsp3) is 1.00. The lowest BCUT2D eigenvalue weighted by Gasteiger charge is -2.32. The van der Waals surface area contributed by atoms with Crippen molar-refractivity contribution in [1.29, 1.82) is 0 Å². The molecule has 0 aliphatic heterocycles. The molecule has 0 bridgehead atoms. The molecule has 0 amide bonds. The van der Waals surface area contributed by atoms with Crippen LogP contribution in [0.2, 0.25) is 0 Å². The summed E-state index contributed by atoms with van der Waals surface area (Å²) in [5.41, 5.74) is 5.30. The third-order valence-corrected chi connectivity index (χ3v) is 3.48. The SMILES string of the molecule is CCN(CC)CCCN(CC)C(CCN)C(F)(F)F. The van der Waals surface area contributed by atoms with Gasteiger partial charge in [0.2, 0.25) is 0 Å². The van der Waals surface area contributed by atoms with Crippen molar-refractivity contribution in [3.63, 3.8) is 0 Å². The van der Waals surface area contributed by atoms with Crippen molar-refractivity contribution in [2.24, 2.45) is 5.73 Å². The maximum Gasteiger partial charge on any atom is 0.404 e. The topological polar surface area (TPSA) is 32.5 Å². The number of nitrogens with two attached hydrogens (primary N) is 1. The van der Waals surface area contributed by atoms with E-state index in [4.69, 9.17) is 5.73 Å². The highest BCUT2D eigenvalue weighted by Gasteiger charge is 2.42. The Labute approximate surface area is 114 Å². The standard InChI is InChI=1S/C13H28F3N3/c1-4-18(5-2)10-7-11-19(6-3)12(8-9-17)13(14,15)16/h12H,4-11,17H2,1-3H3. The molecule has 1 atom stereocenters. The maximum absolute atomic E-state index is 13.0. The van der Waals surface area contributed by atoms with Gasteiger partial charge in [0.15, 0.2) is 0 Å². The number of rotatable bonds is 10. The molecule has 0 aromatic rings. The van der Waals surface area contributed by atoms with Gasteiger partial charge < -0.3 is 10.6 Å². The van der Waals surface area contributed by atoms with Gasteiger partial charge in [-0.25, -0.2) is 0 Å². The molecule has 0 fully saturated rings. The predicted molar refractivity (Wildman–Crippen MR) is 73.2 cm³/mol. The highest BCUT2D eigenvalue weighted by atomic mass is 19.4. The van der Waals surface area contributed by atoms with Gasteiger partial charge in [0.25, 0.3) is 0 Å². The number of halogens is 3. The van der Waals surface area contributed by atoms with Gasteiger partial charge in [0.1, 0.15) is 6.04 Å². The van der Waals surface area contributed by atoms with Crippen molar-refractivity contribution in [1.82, 2.24) is 9.80 Å². The highest BCUT2D eigenvalue weighted by molar-refractivity contribution is 4.79. The molecule has 1 unspecified atom stereocenters. The third-order valence-electron chi connectivity index (χ3n) is 3.48. The number of nitrogens with zero attached hydrogens (tertiary/aromatic N) is 2. The van der Waals surface area contributed by atoms with Crippen LogP contribution in [0.5, 0.6) is 0 Å². The molecule has 19 heavy (non-hydrogen) atoms. The minimum atomic E-state index is -4.19. The molecule has 0 saturated carbocycles. The molecule has 0 rings (SSSR count). The summed E-state index contributed by atoms with van der Waals surface area (Å²) in [4.78, 5) is 3.72. The van der Waals surface area contributed by atoms with Crippen molar-refractivity contribution in [3.05, 3.63) is 0 Å². The van der Waals surface area contributed by atoms with E-state index < -0.39 is 12.2 Å². The van der Waals surface area contributed by atoms with E-state index in [-0.39, 0.29) is 13.0 Å². The molecule has 0 spiro atoms. The first-order valence-corrected chi connectivity index (χ1v) is 7.13. The zero-order chi connectivity index (χ0) is 14.9. The van der Waals surface area contributed by atoms with Gasteiger partial charge in [0.05, 0.1) is 0 Å². The molecule has 116 valence electrons. The molecule has 0 aliphatic rings. The van der Waals surface area contributed by atoms with Crippen LogP contribution in [0.3, 0.4) is 0 Å². The van der Waals surface area contributed by atoms with Crippen LogP contribution in [-0.2, 0) is 0 Å². The average molecular weight is 283 g/mol. The van der Waals surface area contributed by atoms with Gasteiger partial charge in [-0.2, -0.15) is 13.2 Å². The van der Waals surface area contributed by atoms with Gasteiger partial charge in [-0.05, 0) is 52.1 Å². The van der Waals surface area contributed by atoms with Crippen LogP contribution in [0.1, 0.15) is 33.6 Å². The Balaban J connectivity index is 4.37. The van der Waals surface area contributed by atoms with Crippen molar-refractivity contribution in [2.75, 3.05) is 39.3 Å². The Morgan fingerprint density at radius 2 is 1.58 bits per heavy atom. The molecule has 3 nitrogen and oxygen atoms in total. The minimum Gasteiger partial charge on any atom is -0.330 e. The van der Waals surface area contributed by atoms with E-state index in [0.717, 1.165) is 26.1 Å². The minimum absolute atomic E-state index is 0.0252. The quantitative estimate of drug-likeness (QED) is 0.668. The van der Waals surface area contributed by atoms with Crippen molar-refractivity contribution < 1.29 is 13.2 Å². The Morgan fingerprint density at radius 3 is 1.95 bits per heavy atom.